The summed E-state index contributed by atoms with van der Waals surface area (Å²) in [6.07, 6.45) is 3.22. The lowest BCUT2D eigenvalue weighted by Gasteiger charge is -2.07. The predicted molar refractivity (Wildman–Crippen MR) is 62.1 cm³/mol. The molecule has 2 aromatic rings. The lowest BCUT2D eigenvalue weighted by atomic mass is 10.1. The minimum atomic E-state index is -0.455. The second-order valence-corrected chi connectivity index (χ2v) is 3.60. The summed E-state index contributed by atoms with van der Waals surface area (Å²) in [5.41, 5.74) is 0.0357. The quantitative estimate of drug-likeness (QED) is 0.667. The summed E-state index contributed by atoms with van der Waals surface area (Å²) >= 11 is 0. The number of benzene rings is 1. The van der Waals surface area contributed by atoms with E-state index in [1.807, 2.05) is 0 Å². The maximum atomic E-state index is 11.7. The van der Waals surface area contributed by atoms with Gasteiger partial charge < -0.3 is 15.5 Å². The van der Waals surface area contributed by atoms with Gasteiger partial charge >= 0.3 is 0 Å². The van der Waals surface area contributed by atoms with Gasteiger partial charge in [-0.05, 0) is 12.1 Å². The molecule has 7 heteroatoms. The summed E-state index contributed by atoms with van der Waals surface area (Å²) in [7, 11) is 0. The SMILES string of the molecule is O=C(NCCn1ccnn1)c1cccc(O)c1O. The van der Waals surface area contributed by atoms with Gasteiger partial charge in [-0.2, -0.15) is 0 Å². The van der Waals surface area contributed by atoms with Crippen LogP contribution in [-0.4, -0.2) is 37.7 Å². The number of nitrogens with zero attached hydrogens (tertiary/aromatic N) is 3. The van der Waals surface area contributed by atoms with Crippen molar-refractivity contribution in [3.8, 4) is 11.5 Å². The minimum absolute atomic E-state index is 0.0357. The van der Waals surface area contributed by atoms with E-state index < -0.39 is 11.7 Å². The van der Waals surface area contributed by atoms with Crippen LogP contribution in [0.25, 0.3) is 0 Å². The fourth-order valence-corrected chi connectivity index (χ4v) is 1.45. The molecule has 0 fully saturated rings. The fraction of sp³-hybridized carbons (Fsp3) is 0.182. The van der Waals surface area contributed by atoms with Crippen LogP contribution in [0.3, 0.4) is 0 Å². The Balaban J connectivity index is 1.93. The molecule has 0 bridgehead atoms. The first kappa shape index (κ1) is 11.9. The standard InChI is InChI=1S/C11H12N4O3/c16-9-3-1-2-8(10(9)17)11(18)12-4-6-15-7-5-13-14-15/h1-3,5,7,16-17H,4,6H2,(H,12,18). The molecular formula is C11H12N4O3. The van der Waals surface area contributed by atoms with Crippen LogP contribution >= 0.6 is 0 Å². The third-order valence-corrected chi connectivity index (χ3v) is 2.36. The summed E-state index contributed by atoms with van der Waals surface area (Å²) in [6.45, 7) is 0.822. The Morgan fingerprint density at radius 3 is 2.94 bits per heavy atom. The first-order chi connectivity index (χ1) is 8.68. The molecule has 0 aliphatic heterocycles. The van der Waals surface area contributed by atoms with Gasteiger partial charge in [-0.3, -0.25) is 9.48 Å². The van der Waals surface area contributed by atoms with Crippen molar-refractivity contribution in [1.29, 1.82) is 0 Å². The van der Waals surface area contributed by atoms with Crippen molar-refractivity contribution in [3.63, 3.8) is 0 Å². The van der Waals surface area contributed by atoms with E-state index in [-0.39, 0.29) is 11.3 Å². The highest BCUT2D eigenvalue weighted by Crippen LogP contribution is 2.27. The van der Waals surface area contributed by atoms with Gasteiger partial charge in [0.25, 0.3) is 5.91 Å². The van der Waals surface area contributed by atoms with Gasteiger partial charge in [-0.25, -0.2) is 0 Å². The number of aromatic hydroxyl groups is 2. The molecule has 94 valence electrons. The molecule has 0 saturated heterocycles. The third-order valence-electron chi connectivity index (χ3n) is 2.36. The summed E-state index contributed by atoms with van der Waals surface area (Å²) in [6, 6.07) is 4.22. The largest absolute Gasteiger partial charge is 0.504 e. The number of carbonyl (C=O) groups is 1. The van der Waals surface area contributed by atoms with Gasteiger partial charge in [0.15, 0.2) is 11.5 Å². The van der Waals surface area contributed by atoms with Crippen molar-refractivity contribution in [2.45, 2.75) is 6.54 Å². The van der Waals surface area contributed by atoms with Crippen LogP contribution in [0.5, 0.6) is 11.5 Å². The number of hydrogen-bond donors (Lipinski definition) is 3. The molecular weight excluding hydrogens is 236 g/mol. The van der Waals surface area contributed by atoms with Crippen LogP contribution < -0.4 is 5.32 Å². The minimum Gasteiger partial charge on any atom is -0.504 e. The van der Waals surface area contributed by atoms with Crippen molar-refractivity contribution in [1.82, 2.24) is 20.3 Å². The molecule has 1 amide bonds. The smallest absolute Gasteiger partial charge is 0.255 e. The van der Waals surface area contributed by atoms with E-state index in [0.717, 1.165) is 0 Å². The van der Waals surface area contributed by atoms with Crippen molar-refractivity contribution >= 4 is 5.91 Å². The highest BCUT2D eigenvalue weighted by atomic mass is 16.3. The van der Waals surface area contributed by atoms with Gasteiger partial charge in [-0.1, -0.05) is 11.3 Å². The van der Waals surface area contributed by atoms with Crippen LogP contribution in [0.15, 0.2) is 30.6 Å². The number of phenolic OH excluding ortho intramolecular Hbond substituents is 2. The van der Waals surface area contributed by atoms with Crippen molar-refractivity contribution in [2.75, 3.05) is 6.54 Å². The first-order valence-corrected chi connectivity index (χ1v) is 5.31. The van der Waals surface area contributed by atoms with Crippen molar-refractivity contribution < 1.29 is 15.0 Å². The van der Waals surface area contributed by atoms with E-state index in [1.165, 1.54) is 18.2 Å². The lowest BCUT2D eigenvalue weighted by molar-refractivity contribution is 0.0948. The summed E-state index contributed by atoms with van der Waals surface area (Å²) in [5, 5.41) is 28.8. The van der Waals surface area contributed by atoms with Gasteiger partial charge in [-0.15, -0.1) is 5.10 Å². The van der Waals surface area contributed by atoms with Crippen molar-refractivity contribution in [2.24, 2.45) is 0 Å². The highest BCUT2D eigenvalue weighted by molar-refractivity contribution is 5.97. The summed E-state index contributed by atoms with van der Waals surface area (Å²) in [4.78, 5) is 11.7. The van der Waals surface area contributed by atoms with Crippen LogP contribution in [0, 0.1) is 0 Å². The van der Waals surface area contributed by atoms with E-state index in [4.69, 9.17) is 0 Å². The van der Waals surface area contributed by atoms with E-state index >= 15 is 0 Å². The maximum Gasteiger partial charge on any atom is 0.255 e. The fourth-order valence-electron chi connectivity index (χ4n) is 1.45. The maximum absolute atomic E-state index is 11.7. The van der Waals surface area contributed by atoms with E-state index in [2.05, 4.69) is 15.6 Å². The topological polar surface area (TPSA) is 100 Å². The second-order valence-electron chi connectivity index (χ2n) is 3.60. The van der Waals surface area contributed by atoms with Crippen molar-refractivity contribution in [3.05, 3.63) is 36.2 Å². The molecule has 0 spiro atoms. The molecule has 1 heterocycles. The normalized spacial score (nSPS) is 10.2. The molecule has 0 radical (unpaired) electrons. The summed E-state index contributed by atoms with van der Waals surface area (Å²) in [5.74, 6) is -1.20. The Morgan fingerprint density at radius 1 is 1.39 bits per heavy atom. The zero-order valence-corrected chi connectivity index (χ0v) is 9.45. The monoisotopic (exact) mass is 248 g/mol. The number of hydrogen-bond acceptors (Lipinski definition) is 5. The first-order valence-electron chi connectivity index (χ1n) is 5.31. The average molecular weight is 248 g/mol. The molecule has 7 nitrogen and oxygen atoms in total. The molecule has 0 aliphatic carbocycles. The number of aromatic nitrogens is 3. The Kier molecular flexibility index (Phi) is 3.42. The molecule has 0 saturated carbocycles. The van der Waals surface area contributed by atoms with Crippen LogP contribution in [0.2, 0.25) is 0 Å². The third kappa shape index (κ3) is 2.57. The average Bonchev–Trinajstić information content (AvgIpc) is 2.85. The van der Waals surface area contributed by atoms with Gasteiger partial charge in [0.2, 0.25) is 0 Å². The van der Waals surface area contributed by atoms with E-state index in [1.54, 1.807) is 17.1 Å². The highest BCUT2D eigenvalue weighted by Gasteiger charge is 2.13. The number of carbonyl (C=O) groups excluding carboxylic acids is 1. The Bertz CT molecular complexity index is 539. The molecule has 0 atom stereocenters. The van der Waals surface area contributed by atoms with Crippen LogP contribution in [0.1, 0.15) is 10.4 Å². The molecule has 18 heavy (non-hydrogen) atoms. The molecule has 3 N–H and O–H groups in total. The van der Waals surface area contributed by atoms with Gasteiger partial charge in [0.05, 0.1) is 18.3 Å². The molecule has 0 aliphatic rings. The van der Waals surface area contributed by atoms with Gasteiger partial charge in [0, 0.05) is 12.7 Å². The zero-order valence-electron chi connectivity index (χ0n) is 9.45. The number of phenols is 2. The molecule has 1 aromatic carbocycles. The Morgan fingerprint density at radius 2 is 2.22 bits per heavy atom. The summed E-state index contributed by atoms with van der Waals surface area (Å²) < 4.78 is 1.57. The molecule has 0 unspecified atom stereocenters. The Labute approximate surface area is 103 Å². The number of amides is 1. The predicted octanol–water partition coefficient (Wildman–Crippen LogP) is 0.119. The Hall–Kier alpha value is -2.57. The van der Waals surface area contributed by atoms with E-state index in [0.29, 0.717) is 13.1 Å². The van der Waals surface area contributed by atoms with Gasteiger partial charge in [0.1, 0.15) is 0 Å². The zero-order chi connectivity index (χ0) is 13.0. The molecule has 2 rings (SSSR count). The van der Waals surface area contributed by atoms with Crippen LogP contribution in [0.4, 0.5) is 0 Å². The molecule has 1 aromatic heterocycles. The number of nitrogens with one attached hydrogen (secondary N) is 1. The number of para-hydroxylation sites is 1. The number of rotatable bonds is 4. The van der Waals surface area contributed by atoms with Crippen LogP contribution in [-0.2, 0) is 6.54 Å². The lowest BCUT2D eigenvalue weighted by Crippen LogP contribution is -2.27. The van der Waals surface area contributed by atoms with E-state index in [9.17, 15) is 15.0 Å². The second kappa shape index (κ2) is 5.17.